The SMILES string of the molecule is O=C(NCCN1C(=O)S/C(=C\c2cccnc2)C1=O)[C@@H]1CCCN1S(=O)(=O)c1ccccc1F. The number of thioether (sulfide) groups is 1. The zero-order valence-electron chi connectivity index (χ0n) is 17.9. The van der Waals surface area contributed by atoms with Gasteiger partial charge in [-0.1, -0.05) is 18.2 Å². The summed E-state index contributed by atoms with van der Waals surface area (Å²) in [4.78, 5) is 42.3. The van der Waals surface area contributed by atoms with Gasteiger partial charge < -0.3 is 5.32 Å². The van der Waals surface area contributed by atoms with E-state index in [2.05, 4.69) is 10.3 Å². The van der Waals surface area contributed by atoms with E-state index in [0.29, 0.717) is 12.0 Å². The van der Waals surface area contributed by atoms with Crippen molar-refractivity contribution in [2.75, 3.05) is 19.6 Å². The van der Waals surface area contributed by atoms with Gasteiger partial charge in [0.1, 0.15) is 16.8 Å². The number of pyridine rings is 1. The molecule has 0 bridgehead atoms. The van der Waals surface area contributed by atoms with E-state index in [-0.39, 0.29) is 31.0 Å². The molecule has 3 heterocycles. The number of nitrogens with one attached hydrogen (secondary N) is 1. The highest BCUT2D eigenvalue weighted by Crippen LogP contribution is 2.32. The zero-order valence-corrected chi connectivity index (χ0v) is 19.5. The maximum absolute atomic E-state index is 14.1. The monoisotopic (exact) mass is 504 g/mol. The maximum atomic E-state index is 14.1. The topological polar surface area (TPSA) is 117 Å². The summed E-state index contributed by atoms with van der Waals surface area (Å²) >= 11 is 0.798. The van der Waals surface area contributed by atoms with Crippen molar-refractivity contribution in [1.29, 1.82) is 0 Å². The van der Waals surface area contributed by atoms with E-state index in [4.69, 9.17) is 0 Å². The molecule has 0 saturated carbocycles. The maximum Gasteiger partial charge on any atom is 0.293 e. The van der Waals surface area contributed by atoms with E-state index in [9.17, 15) is 27.2 Å². The number of hydrogen-bond acceptors (Lipinski definition) is 7. The van der Waals surface area contributed by atoms with Gasteiger partial charge in [0.15, 0.2) is 0 Å². The molecule has 1 atom stereocenters. The second-order valence-corrected chi connectivity index (χ2v) is 10.5. The van der Waals surface area contributed by atoms with Crippen molar-refractivity contribution in [3.8, 4) is 0 Å². The van der Waals surface area contributed by atoms with Gasteiger partial charge in [-0.05, 0) is 54.4 Å². The van der Waals surface area contributed by atoms with Gasteiger partial charge >= 0.3 is 0 Å². The summed E-state index contributed by atoms with van der Waals surface area (Å²) in [6, 6.07) is 7.49. The van der Waals surface area contributed by atoms with Crippen LogP contribution in [0.25, 0.3) is 6.08 Å². The summed E-state index contributed by atoms with van der Waals surface area (Å²) in [5.74, 6) is -1.92. The van der Waals surface area contributed by atoms with Crippen molar-refractivity contribution in [2.45, 2.75) is 23.8 Å². The van der Waals surface area contributed by atoms with Crippen LogP contribution >= 0.6 is 11.8 Å². The molecule has 2 aliphatic rings. The Bertz CT molecular complexity index is 1250. The lowest BCUT2D eigenvalue weighted by Crippen LogP contribution is -2.47. The molecule has 2 fully saturated rings. The molecule has 0 spiro atoms. The summed E-state index contributed by atoms with van der Waals surface area (Å²) in [6.07, 6.45) is 5.47. The van der Waals surface area contributed by atoms with Crippen LogP contribution in [0.15, 0.2) is 58.6 Å². The van der Waals surface area contributed by atoms with Crippen molar-refractivity contribution in [3.05, 3.63) is 65.1 Å². The van der Waals surface area contributed by atoms with Gasteiger partial charge in [-0.15, -0.1) is 0 Å². The molecule has 0 aliphatic carbocycles. The number of nitrogens with zero attached hydrogens (tertiary/aromatic N) is 3. The third-order valence-electron chi connectivity index (χ3n) is 5.42. The lowest BCUT2D eigenvalue weighted by Gasteiger charge is -2.24. The minimum atomic E-state index is -4.20. The Labute approximate surface area is 200 Å². The average molecular weight is 505 g/mol. The summed E-state index contributed by atoms with van der Waals surface area (Å²) in [6.45, 7) is -0.00824. The minimum Gasteiger partial charge on any atom is -0.353 e. The number of carbonyl (C=O) groups is 3. The lowest BCUT2D eigenvalue weighted by molar-refractivity contribution is -0.125. The number of hydrogen-bond donors (Lipinski definition) is 1. The zero-order chi connectivity index (χ0) is 24.3. The first-order valence-electron chi connectivity index (χ1n) is 10.5. The van der Waals surface area contributed by atoms with Gasteiger partial charge in [0.2, 0.25) is 15.9 Å². The molecule has 2 aromatic rings. The van der Waals surface area contributed by atoms with Crippen molar-refractivity contribution in [2.24, 2.45) is 0 Å². The first-order valence-corrected chi connectivity index (χ1v) is 12.7. The van der Waals surface area contributed by atoms with Gasteiger partial charge in [0.25, 0.3) is 11.1 Å². The third-order valence-corrected chi connectivity index (χ3v) is 8.27. The number of halogens is 1. The highest BCUT2D eigenvalue weighted by atomic mass is 32.2. The summed E-state index contributed by atoms with van der Waals surface area (Å²) in [5, 5.41) is 2.14. The fourth-order valence-corrected chi connectivity index (χ4v) is 6.37. The molecule has 2 saturated heterocycles. The predicted octanol–water partition coefficient (Wildman–Crippen LogP) is 2.23. The Morgan fingerprint density at radius 2 is 2.03 bits per heavy atom. The van der Waals surface area contributed by atoms with Crippen LogP contribution in [0.2, 0.25) is 0 Å². The Morgan fingerprint density at radius 1 is 1.24 bits per heavy atom. The molecular weight excluding hydrogens is 483 g/mol. The van der Waals surface area contributed by atoms with Gasteiger partial charge in [-0.25, -0.2) is 12.8 Å². The van der Waals surface area contributed by atoms with Crippen LogP contribution in [0.1, 0.15) is 18.4 Å². The largest absolute Gasteiger partial charge is 0.353 e. The van der Waals surface area contributed by atoms with E-state index >= 15 is 0 Å². The predicted molar refractivity (Wildman–Crippen MR) is 123 cm³/mol. The highest BCUT2D eigenvalue weighted by Gasteiger charge is 2.40. The van der Waals surface area contributed by atoms with Gasteiger partial charge in [0, 0.05) is 32.0 Å². The molecule has 1 aromatic carbocycles. The van der Waals surface area contributed by atoms with Crippen LogP contribution in [0, 0.1) is 5.82 Å². The normalized spacial score (nSPS) is 20.3. The van der Waals surface area contributed by atoms with Crippen LogP contribution in [0.5, 0.6) is 0 Å². The molecule has 4 rings (SSSR count). The number of sulfonamides is 1. The fourth-order valence-electron chi connectivity index (χ4n) is 3.78. The Balaban J connectivity index is 1.37. The quantitative estimate of drug-likeness (QED) is 0.575. The Morgan fingerprint density at radius 3 is 2.76 bits per heavy atom. The second-order valence-electron chi connectivity index (χ2n) is 7.61. The summed E-state index contributed by atoms with van der Waals surface area (Å²) in [5.41, 5.74) is 0.679. The number of rotatable bonds is 7. The van der Waals surface area contributed by atoms with Crippen molar-refractivity contribution in [1.82, 2.24) is 19.5 Å². The number of carbonyl (C=O) groups excluding carboxylic acids is 3. The highest BCUT2D eigenvalue weighted by molar-refractivity contribution is 8.18. The smallest absolute Gasteiger partial charge is 0.293 e. The molecule has 0 radical (unpaired) electrons. The molecule has 178 valence electrons. The fraction of sp³-hybridized carbons (Fsp3) is 0.273. The summed E-state index contributed by atoms with van der Waals surface area (Å²) in [7, 11) is -4.20. The Hall–Kier alpha value is -3.09. The van der Waals surface area contributed by atoms with Crippen LogP contribution in [-0.4, -0.2) is 65.3 Å². The molecule has 2 aliphatic heterocycles. The number of imide groups is 1. The first-order chi connectivity index (χ1) is 16.3. The molecule has 1 N–H and O–H groups in total. The molecule has 3 amide bonds. The van der Waals surface area contributed by atoms with Crippen LogP contribution in [0.4, 0.5) is 9.18 Å². The third kappa shape index (κ3) is 4.88. The van der Waals surface area contributed by atoms with E-state index < -0.39 is 43.8 Å². The Kier molecular flexibility index (Phi) is 7.10. The molecule has 12 heteroatoms. The van der Waals surface area contributed by atoms with E-state index in [1.54, 1.807) is 30.6 Å². The first kappa shape index (κ1) is 24.0. The number of benzene rings is 1. The van der Waals surface area contributed by atoms with Crippen LogP contribution < -0.4 is 5.32 Å². The van der Waals surface area contributed by atoms with Crippen molar-refractivity contribution in [3.63, 3.8) is 0 Å². The van der Waals surface area contributed by atoms with E-state index in [1.165, 1.54) is 12.1 Å². The van der Waals surface area contributed by atoms with E-state index in [1.807, 2.05) is 0 Å². The van der Waals surface area contributed by atoms with Crippen LogP contribution in [0.3, 0.4) is 0 Å². The van der Waals surface area contributed by atoms with Crippen molar-refractivity contribution >= 4 is 44.9 Å². The molecule has 34 heavy (non-hydrogen) atoms. The second kappa shape index (κ2) is 10.0. The number of amides is 3. The molecule has 9 nitrogen and oxygen atoms in total. The molecule has 1 aromatic heterocycles. The average Bonchev–Trinajstić information content (AvgIpc) is 3.41. The number of aromatic nitrogens is 1. The minimum absolute atomic E-state index is 0.0405. The van der Waals surface area contributed by atoms with E-state index in [0.717, 1.165) is 33.1 Å². The van der Waals surface area contributed by atoms with Gasteiger partial charge in [0.05, 0.1) is 4.91 Å². The van der Waals surface area contributed by atoms with Crippen molar-refractivity contribution < 1.29 is 27.2 Å². The lowest BCUT2D eigenvalue weighted by atomic mass is 10.2. The molecule has 0 unspecified atom stereocenters. The van der Waals surface area contributed by atoms with Gasteiger partial charge in [-0.3, -0.25) is 24.3 Å². The van der Waals surface area contributed by atoms with Crippen LogP contribution in [-0.2, 0) is 19.6 Å². The standard InChI is InChI=1S/C22H21FN4O5S2/c23-16-6-1-2-8-19(16)34(31,32)27-11-4-7-17(27)20(28)25-10-12-26-21(29)18(33-22(26)30)13-15-5-3-9-24-14-15/h1-3,5-6,8-9,13-14,17H,4,7,10-12H2,(H,25,28)/b18-13-/t17-/m0/s1. The summed E-state index contributed by atoms with van der Waals surface area (Å²) < 4.78 is 40.9. The molecular formula is C22H21FN4O5S2. The van der Waals surface area contributed by atoms with Gasteiger partial charge in [-0.2, -0.15) is 4.31 Å².